The van der Waals surface area contributed by atoms with Crippen molar-refractivity contribution < 1.29 is 9.13 Å². The van der Waals surface area contributed by atoms with Crippen molar-refractivity contribution in [1.29, 1.82) is 0 Å². The number of rotatable bonds is 8. The van der Waals surface area contributed by atoms with Crippen LogP contribution < -0.4 is 10.6 Å². The Labute approximate surface area is 150 Å². The van der Waals surface area contributed by atoms with Crippen LogP contribution in [0.5, 0.6) is 0 Å². The number of benzene rings is 1. The highest BCUT2D eigenvalue weighted by Gasteiger charge is 2.19. The molecule has 0 unspecified atom stereocenters. The standard InChI is InChI=1S/C19H31FN4O/c1-3-21-19(22-10-13-25-2)23-14-16-8-11-24(12-9-16)15-17-6-4-5-7-18(17)20/h4-7,16H,3,8-15H2,1-2H3,(H2,21,22,23). The lowest BCUT2D eigenvalue weighted by Crippen LogP contribution is -2.40. The van der Waals surface area contributed by atoms with Crippen molar-refractivity contribution in [3.8, 4) is 0 Å². The lowest BCUT2D eigenvalue weighted by molar-refractivity contribution is 0.179. The average molecular weight is 350 g/mol. The topological polar surface area (TPSA) is 48.9 Å². The third-order valence-electron chi connectivity index (χ3n) is 4.51. The summed E-state index contributed by atoms with van der Waals surface area (Å²) in [5.41, 5.74) is 0.788. The zero-order chi connectivity index (χ0) is 17.9. The minimum atomic E-state index is -0.105. The van der Waals surface area contributed by atoms with Crippen molar-refractivity contribution in [3.05, 3.63) is 35.6 Å². The van der Waals surface area contributed by atoms with Crippen LogP contribution in [-0.2, 0) is 11.3 Å². The lowest BCUT2D eigenvalue weighted by Gasteiger charge is -2.31. The maximum absolute atomic E-state index is 13.8. The number of hydrogen-bond acceptors (Lipinski definition) is 3. The van der Waals surface area contributed by atoms with Gasteiger partial charge in [-0.3, -0.25) is 9.89 Å². The summed E-state index contributed by atoms with van der Waals surface area (Å²) in [6.45, 7) is 7.86. The van der Waals surface area contributed by atoms with Gasteiger partial charge in [0, 0.05) is 38.9 Å². The highest BCUT2D eigenvalue weighted by Crippen LogP contribution is 2.20. The fourth-order valence-corrected chi connectivity index (χ4v) is 3.03. The Morgan fingerprint density at radius 1 is 1.28 bits per heavy atom. The molecule has 2 N–H and O–H groups in total. The Morgan fingerprint density at radius 2 is 2.04 bits per heavy atom. The molecule has 1 aliphatic rings. The molecule has 1 saturated heterocycles. The highest BCUT2D eigenvalue weighted by atomic mass is 19.1. The first-order chi connectivity index (χ1) is 12.2. The van der Waals surface area contributed by atoms with Gasteiger partial charge in [0.05, 0.1) is 6.61 Å². The van der Waals surface area contributed by atoms with Crippen molar-refractivity contribution in [1.82, 2.24) is 15.5 Å². The number of methoxy groups -OCH3 is 1. The normalized spacial score (nSPS) is 16.8. The monoisotopic (exact) mass is 350 g/mol. The number of nitrogens with one attached hydrogen (secondary N) is 2. The number of nitrogens with zero attached hydrogens (tertiary/aromatic N) is 2. The summed E-state index contributed by atoms with van der Waals surface area (Å²) in [5, 5.41) is 6.53. The molecule has 0 aromatic heterocycles. The van der Waals surface area contributed by atoms with E-state index in [4.69, 9.17) is 9.73 Å². The molecule has 0 atom stereocenters. The number of halogens is 1. The predicted molar refractivity (Wildman–Crippen MR) is 100 cm³/mol. The second kappa shape index (κ2) is 11.1. The molecular weight excluding hydrogens is 319 g/mol. The minimum absolute atomic E-state index is 0.105. The average Bonchev–Trinajstić information content (AvgIpc) is 2.63. The zero-order valence-electron chi connectivity index (χ0n) is 15.4. The Bertz CT molecular complexity index is 530. The molecule has 0 spiro atoms. The van der Waals surface area contributed by atoms with Crippen LogP contribution in [0.4, 0.5) is 4.39 Å². The molecule has 6 heteroatoms. The van der Waals surface area contributed by atoms with Crippen LogP contribution in [0.25, 0.3) is 0 Å². The van der Waals surface area contributed by atoms with E-state index in [1.807, 2.05) is 12.1 Å². The number of piperidine rings is 1. The molecule has 2 rings (SSSR count). The van der Waals surface area contributed by atoms with Gasteiger partial charge in [-0.05, 0) is 44.8 Å². The van der Waals surface area contributed by atoms with Crippen molar-refractivity contribution in [3.63, 3.8) is 0 Å². The van der Waals surface area contributed by atoms with E-state index in [9.17, 15) is 4.39 Å². The van der Waals surface area contributed by atoms with E-state index in [1.165, 1.54) is 6.07 Å². The summed E-state index contributed by atoms with van der Waals surface area (Å²) in [6, 6.07) is 7.06. The second-order valence-corrected chi connectivity index (χ2v) is 6.45. The maximum Gasteiger partial charge on any atom is 0.191 e. The number of hydrogen-bond donors (Lipinski definition) is 2. The van der Waals surface area contributed by atoms with E-state index in [-0.39, 0.29) is 5.82 Å². The molecule has 1 aromatic rings. The summed E-state index contributed by atoms with van der Waals surface area (Å²) >= 11 is 0. The van der Waals surface area contributed by atoms with Crippen LogP contribution in [0.15, 0.2) is 29.3 Å². The van der Waals surface area contributed by atoms with Gasteiger partial charge >= 0.3 is 0 Å². The smallest absolute Gasteiger partial charge is 0.191 e. The first-order valence-electron chi connectivity index (χ1n) is 9.19. The van der Waals surface area contributed by atoms with Crippen LogP contribution in [0.1, 0.15) is 25.3 Å². The number of ether oxygens (including phenoxy) is 1. The fourth-order valence-electron chi connectivity index (χ4n) is 3.03. The SMILES string of the molecule is CCNC(=NCC1CCN(Cc2ccccc2F)CC1)NCCOC. The van der Waals surface area contributed by atoms with E-state index in [2.05, 4.69) is 22.5 Å². The van der Waals surface area contributed by atoms with Crippen LogP contribution >= 0.6 is 0 Å². The molecule has 25 heavy (non-hydrogen) atoms. The summed E-state index contributed by atoms with van der Waals surface area (Å²) in [5.74, 6) is 1.34. The van der Waals surface area contributed by atoms with E-state index >= 15 is 0 Å². The highest BCUT2D eigenvalue weighted by molar-refractivity contribution is 5.79. The van der Waals surface area contributed by atoms with Crippen LogP contribution in [-0.4, -0.2) is 57.3 Å². The molecule has 1 heterocycles. The molecule has 5 nitrogen and oxygen atoms in total. The number of guanidine groups is 1. The predicted octanol–water partition coefficient (Wildman–Crippen LogP) is 2.24. The van der Waals surface area contributed by atoms with Crippen molar-refractivity contribution >= 4 is 5.96 Å². The van der Waals surface area contributed by atoms with E-state index in [1.54, 1.807) is 13.2 Å². The molecule has 1 fully saturated rings. The van der Waals surface area contributed by atoms with Gasteiger partial charge in [-0.25, -0.2) is 4.39 Å². The van der Waals surface area contributed by atoms with Gasteiger partial charge in [0.15, 0.2) is 5.96 Å². The molecule has 0 amide bonds. The van der Waals surface area contributed by atoms with E-state index in [0.29, 0.717) is 19.1 Å². The molecule has 0 bridgehead atoms. The van der Waals surface area contributed by atoms with Gasteiger partial charge < -0.3 is 15.4 Å². The van der Waals surface area contributed by atoms with Crippen LogP contribution in [0.3, 0.4) is 0 Å². The zero-order valence-corrected chi connectivity index (χ0v) is 15.4. The fraction of sp³-hybridized carbons (Fsp3) is 0.632. The van der Waals surface area contributed by atoms with Crippen molar-refractivity contribution in [2.45, 2.75) is 26.3 Å². The van der Waals surface area contributed by atoms with Gasteiger partial charge in [-0.2, -0.15) is 0 Å². The maximum atomic E-state index is 13.8. The van der Waals surface area contributed by atoms with Gasteiger partial charge in [0.25, 0.3) is 0 Å². The Hall–Kier alpha value is -1.66. The van der Waals surface area contributed by atoms with Gasteiger partial charge in [0.1, 0.15) is 5.82 Å². The van der Waals surface area contributed by atoms with Gasteiger partial charge in [-0.15, -0.1) is 0 Å². The van der Waals surface area contributed by atoms with E-state index < -0.39 is 0 Å². The van der Waals surface area contributed by atoms with Gasteiger partial charge in [0.2, 0.25) is 0 Å². The third-order valence-corrected chi connectivity index (χ3v) is 4.51. The van der Waals surface area contributed by atoms with Crippen LogP contribution in [0.2, 0.25) is 0 Å². The molecule has 0 aliphatic carbocycles. The van der Waals surface area contributed by atoms with E-state index in [0.717, 1.165) is 57.1 Å². The molecule has 1 aliphatic heterocycles. The quantitative estimate of drug-likeness (QED) is 0.429. The first-order valence-corrected chi connectivity index (χ1v) is 9.19. The molecule has 0 saturated carbocycles. The summed E-state index contributed by atoms with van der Waals surface area (Å²) in [7, 11) is 1.70. The second-order valence-electron chi connectivity index (χ2n) is 6.45. The molecule has 140 valence electrons. The summed E-state index contributed by atoms with van der Waals surface area (Å²) in [6.07, 6.45) is 2.21. The Balaban J connectivity index is 1.75. The van der Waals surface area contributed by atoms with Crippen LogP contribution in [0, 0.1) is 11.7 Å². The minimum Gasteiger partial charge on any atom is -0.383 e. The Kier molecular flexibility index (Phi) is 8.69. The molecular formula is C19H31FN4O. The Morgan fingerprint density at radius 3 is 2.72 bits per heavy atom. The number of likely N-dealkylation sites (tertiary alicyclic amines) is 1. The van der Waals surface area contributed by atoms with Crippen molar-refractivity contribution in [2.75, 3.05) is 46.4 Å². The van der Waals surface area contributed by atoms with Crippen molar-refractivity contribution in [2.24, 2.45) is 10.9 Å². The molecule has 0 radical (unpaired) electrons. The largest absolute Gasteiger partial charge is 0.383 e. The summed E-state index contributed by atoms with van der Waals surface area (Å²) < 4.78 is 18.8. The summed E-state index contributed by atoms with van der Waals surface area (Å²) in [4.78, 5) is 7.03. The first kappa shape index (κ1) is 19.7. The van der Waals surface area contributed by atoms with Gasteiger partial charge in [-0.1, -0.05) is 18.2 Å². The molecule has 1 aromatic carbocycles. The lowest BCUT2D eigenvalue weighted by atomic mass is 9.96. The number of aliphatic imine (C=N–C) groups is 1. The third kappa shape index (κ3) is 7.00.